The maximum absolute atomic E-state index is 13.0. The predicted octanol–water partition coefficient (Wildman–Crippen LogP) is 4.19. The van der Waals surface area contributed by atoms with Gasteiger partial charge >= 0.3 is 0 Å². The summed E-state index contributed by atoms with van der Waals surface area (Å²) in [5, 5.41) is 6.48. The first-order valence-corrected chi connectivity index (χ1v) is 11.4. The Labute approximate surface area is 189 Å². The van der Waals surface area contributed by atoms with Crippen LogP contribution >= 0.6 is 11.6 Å². The van der Waals surface area contributed by atoms with E-state index in [9.17, 15) is 9.59 Å². The number of pyridine rings is 1. The minimum Gasteiger partial charge on any atom is -0.356 e. The minimum absolute atomic E-state index is 0.00767. The Kier molecular flexibility index (Phi) is 8.29. The number of aromatic nitrogens is 1. The SMILES string of the molecule is CCC(C)C(NC(=O)c1ccc(Cl)cc1)C(=O)NCc1cccnc1N1CCCCC1. The molecule has 2 N–H and O–H groups in total. The molecular formula is C24H31ClN4O2. The summed E-state index contributed by atoms with van der Waals surface area (Å²) in [5.74, 6) is 0.456. The highest BCUT2D eigenvalue weighted by molar-refractivity contribution is 6.30. The predicted molar refractivity (Wildman–Crippen MR) is 124 cm³/mol. The molecule has 1 aliphatic heterocycles. The van der Waals surface area contributed by atoms with Gasteiger partial charge < -0.3 is 15.5 Å². The summed E-state index contributed by atoms with van der Waals surface area (Å²) in [5.41, 5.74) is 1.47. The van der Waals surface area contributed by atoms with Gasteiger partial charge in [-0.05, 0) is 55.5 Å². The lowest BCUT2D eigenvalue weighted by Gasteiger charge is -2.29. The monoisotopic (exact) mass is 442 g/mol. The van der Waals surface area contributed by atoms with Crippen molar-refractivity contribution in [2.75, 3.05) is 18.0 Å². The van der Waals surface area contributed by atoms with Crippen molar-refractivity contribution in [3.63, 3.8) is 0 Å². The lowest BCUT2D eigenvalue weighted by molar-refractivity contribution is -0.124. The summed E-state index contributed by atoms with van der Waals surface area (Å²) in [6.07, 6.45) is 6.14. The lowest BCUT2D eigenvalue weighted by atomic mass is 9.97. The van der Waals surface area contributed by atoms with Crippen LogP contribution in [-0.4, -0.2) is 35.9 Å². The van der Waals surface area contributed by atoms with E-state index in [0.717, 1.165) is 43.7 Å². The molecule has 1 aromatic carbocycles. The molecule has 2 amide bonds. The van der Waals surface area contributed by atoms with Crippen molar-refractivity contribution in [2.24, 2.45) is 5.92 Å². The van der Waals surface area contributed by atoms with E-state index in [1.165, 1.54) is 6.42 Å². The van der Waals surface area contributed by atoms with Crippen LogP contribution in [0, 0.1) is 5.92 Å². The van der Waals surface area contributed by atoms with Crippen LogP contribution in [0.15, 0.2) is 42.6 Å². The molecule has 31 heavy (non-hydrogen) atoms. The fourth-order valence-electron chi connectivity index (χ4n) is 3.78. The van der Waals surface area contributed by atoms with Gasteiger partial charge in [0, 0.05) is 42.0 Å². The normalized spacial score (nSPS) is 15.8. The number of piperidine rings is 1. The van der Waals surface area contributed by atoms with Crippen LogP contribution in [0.3, 0.4) is 0 Å². The summed E-state index contributed by atoms with van der Waals surface area (Å²) in [6.45, 7) is 6.34. The highest BCUT2D eigenvalue weighted by Gasteiger charge is 2.26. The molecule has 1 aromatic heterocycles. The number of hydrogen-bond acceptors (Lipinski definition) is 4. The second kappa shape index (κ2) is 11.1. The molecule has 6 nitrogen and oxygen atoms in total. The molecule has 0 saturated carbocycles. The number of halogens is 1. The van der Waals surface area contributed by atoms with Crippen LogP contribution in [0.5, 0.6) is 0 Å². The van der Waals surface area contributed by atoms with E-state index in [1.54, 1.807) is 30.5 Å². The van der Waals surface area contributed by atoms with Crippen molar-refractivity contribution in [2.45, 2.75) is 52.1 Å². The highest BCUT2D eigenvalue weighted by atomic mass is 35.5. The van der Waals surface area contributed by atoms with E-state index in [-0.39, 0.29) is 17.7 Å². The third-order valence-electron chi connectivity index (χ3n) is 5.86. The summed E-state index contributed by atoms with van der Waals surface area (Å²) in [7, 11) is 0. The van der Waals surface area contributed by atoms with Crippen molar-refractivity contribution < 1.29 is 9.59 Å². The number of benzene rings is 1. The summed E-state index contributed by atoms with van der Waals surface area (Å²) in [6, 6.07) is 9.92. The highest BCUT2D eigenvalue weighted by Crippen LogP contribution is 2.21. The second-order valence-corrected chi connectivity index (χ2v) is 8.53. The van der Waals surface area contributed by atoms with Crippen LogP contribution in [-0.2, 0) is 11.3 Å². The van der Waals surface area contributed by atoms with Gasteiger partial charge in [0.1, 0.15) is 11.9 Å². The number of carbonyl (C=O) groups excluding carboxylic acids is 2. The molecule has 0 aliphatic carbocycles. The van der Waals surface area contributed by atoms with E-state index in [1.807, 2.05) is 26.0 Å². The topological polar surface area (TPSA) is 74.3 Å². The Morgan fingerprint density at radius 1 is 1.13 bits per heavy atom. The van der Waals surface area contributed by atoms with Crippen molar-refractivity contribution >= 4 is 29.2 Å². The first-order chi connectivity index (χ1) is 15.0. The van der Waals surface area contributed by atoms with Gasteiger partial charge in [0.2, 0.25) is 5.91 Å². The van der Waals surface area contributed by atoms with E-state index in [2.05, 4.69) is 20.5 Å². The molecule has 7 heteroatoms. The van der Waals surface area contributed by atoms with Crippen LogP contribution in [0.2, 0.25) is 5.02 Å². The van der Waals surface area contributed by atoms with Crippen LogP contribution < -0.4 is 15.5 Å². The maximum Gasteiger partial charge on any atom is 0.251 e. The maximum atomic E-state index is 13.0. The smallest absolute Gasteiger partial charge is 0.251 e. The summed E-state index contributed by atoms with van der Waals surface area (Å²) >= 11 is 5.91. The molecular weight excluding hydrogens is 412 g/mol. The zero-order valence-electron chi connectivity index (χ0n) is 18.2. The number of carbonyl (C=O) groups is 2. The molecule has 0 spiro atoms. The van der Waals surface area contributed by atoms with Gasteiger partial charge in [-0.3, -0.25) is 9.59 Å². The van der Waals surface area contributed by atoms with Gasteiger partial charge in [-0.1, -0.05) is 37.9 Å². The van der Waals surface area contributed by atoms with Gasteiger partial charge in [-0.15, -0.1) is 0 Å². The number of hydrogen-bond donors (Lipinski definition) is 2. The number of nitrogens with zero attached hydrogens (tertiary/aromatic N) is 2. The molecule has 1 aliphatic rings. The molecule has 2 heterocycles. The van der Waals surface area contributed by atoms with Crippen LogP contribution in [0.4, 0.5) is 5.82 Å². The van der Waals surface area contributed by atoms with E-state index >= 15 is 0 Å². The molecule has 0 radical (unpaired) electrons. The molecule has 166 valence electrons. The fraction of sp³-hybridized carbons (Fsp3) is 0.458. The van der Waals surface area contributed by atoms with Gasteiger partial charge in [-0.25, -0.2) is 4.98 Å². The Bertz CT molecular complexity index is 881. The van der Waals surface area contributed by atoms with Gasteiger partial charge in [0.15, 0.2) is 0 Å². The molecule has 2 aromatic rings. The quantitative estimate of drug-likeness (QED) is 0.642. The largest absolute Gasteiger partial charge is 0.356 e. The fourth-order valence-corrected chi connectivity index (χ4v) is 3.90. The zero-order valence-corrected chi connectivity index (χ0v) is 19.0. The summed E-state index contributed by atoms with van der Waals surface area (Å²) in [4.78, 5) is 32.6. The van der Waals surface area contributed by atoms with E-state index in [0.29, 0.717) is 17.1 Å². The lowest BCUT2D eigenvalue weighted by Crippen LogP contribution is -2.50. The number of amides is 2. The second-order valence-electron chi connectivity index (χ2n) is 8.10. The van der Waals surface area contributed by atoms with Crippen LogP contribution in [0.25, 0.3) is 0 Å². The Morgan fingerprint density at radius 2 is 1.84 bits per heavy atom. The summed E-state index contributed by atoms with van der Waals surface area (Å²) < 4.78 is 0. The molecule has 0 bridgehead atoms. The third kappa shape index (κ3) is 6.20. The molecule has 2 unspecified atom stereocenters. The van der Waals surface area contributed by atoms with Crippen molar-refractivity contribution in [1.82, 2.24) is 15.6 Å². The van der Waals surface area contributed by atoms with Gasteiger partial charge in [0.05, 0.1) is 0 Å². The van der Waals surface area contributed by atoms with Gasteiger partial charge in [-0.2, -0.15) is 0 Å². The Hall–Kier alpha value is -2.60. The number of anilines is 1. The molecule has 3 rings (SSSR count). The third-order valence-corrected chi connectivity index (χ3v) is 6.12. The average Bonchev–Trinajstić information content (AvgIpc) is 2.81. The molecule has 2 atom stereocenters. The minimum atomic E-state index is -0.622. The first-order valence-electron chi connectivity index (χ1n) is 11.0. The Balaban J connectivity index is 1.67. The number of nitrogens with one attached hydrogen (secondary N) is 2. The van der Waals surface area contributed by atoms with Crippen molar-refractivity contribution in [1.29, 1.82) is 0 Å². The van der Waals surface area contributed by atoms with Gasteiger partial charge in [0.25, 0.3) is 5.91 Å². The van der Waals surface area contributed by atoms with Crippen molar-refractivity contribution in [3.05, 3.63) is 58.7 Å². The zero-order chi connectivity index (χ0) is 22.2. The molecule has 1 saturated heterocycles. The standard InChI is InChI=1S/C24H31ClN4O2/c1-3-17(2)21(28-23(30)18-9-11-20(25)12-10-18)24(31)27-16-19-8-7-13-26-22(19)29-14-5-4-6-15-29/h7-13,17,21H,3-6,14-16H2,1-2H3,(H,27,31)(H,28,30). The van der Waals surface area contributed by atoms with E-state index in [4.69, 9.17) is 11.6 Å². The first kappa shape index (κ1) is 23.1. The Morgan fingerprint density at radius 3 is 2.52 bits per heavy atom. The average molecular weight is 443 g/mol. The van der Waals surface area contributed by atoms with Crippen LogP contribution in [0.1, 0.15) is 55.5 Å². The molecule has 1 fully saturated rings. The number of rotatable bonds is 8. The van der Waals surface area contributed by atoms with Crippen molar-refractivity contribution in [3.8, 4) is 0 Å². The van der Waals surface area contributed by atoms with E-state index < -0.39 is 6.04 Å².